The molecule has 2 aromatic carbocycles. The number of amides is 3. The third-order valence-corrected chi connectivity index (χ3v) is 7.31. The van der Waals surface area contributed by atoms with E-state index in [0.29, 0.717) is 37.5 Å². The van der Waals surface area contributed by atoms with Crippen molar-refractivity contribution < 1.29 is 28.7 Å². The summed E-state index contributed by atoms with van der Waals surface area (Å²) in [5.74, 6) is 0.142. The van der Waals surface area contributed by atoms with Gasteiger partial charge in [0.05, 0.1) is 18.6 Å². The number of hydrogen-bond acceptors (Lipinski definition) is 6. The minimum Gasteiger partial charge on any atom is -0.434 e. The summed E-state index contributed by atoms with van der Waals surface area (Å²) in [5, 5.41) is 2.96. The molecular formula is C29H35N3O6. The van der Waals surface area contributed by atoms with Gasteiger partial charge in [-0.3, -0.25) is 14.4 Å². The average molecular weight is 522 g/mol. The highest BCUT2D eigenvalue weighted by molar-refractivity contribution is 5.94. The molecule has 2 aliphatic rings. The van der Waals surface area contributed by atoms with Gasteiger partial charge in [-0.25, -0.2) is 4.79 Å². The third kappa shape index (κ3) is 6.70. The molecule has 9 heteroatoms. The maximum atomic E-state index is 13.2. The Labute approximate surface area is 223 Å². The van der Waals surface area contributed by atoms with Crippen molar-refractivity contribution >= 4 is 23.9 Å². The van der Waals surface area contributed by atoms with E-state index in [1.165, 1.54) is 0 Å². The first-order valence-electron chi connectivity index (χ1n) is 13.2. The Balaban J connectivity index is 1.20. The van der Waals surface area contributed by atoms with Crippen LogP contribution in [0.25, 0.3) is 0 Å². The van der Waals surface area contributed by atoms with Gasteiger partial charge in [0.2, 0.25) is 11.8 Å². The van der Waals surface area contributed by atoms with Crippen LogP contribution in [-0.4, -0.2) is 66.5 Å². The van der Waals surface area contributed by atoms with Crippen molar-refractivity contribution in [2.24, 2.45) is 11.8 Å². The Morgan fingerprint density at radius 1 is 1.03 bits per heavy atom. The van der Waals surface area contributed by atoms with E-state index in [4.69, 9.17) is 9.47 Å². The predicted octanol–water partition coefficient (Wildman–Crippen LogP) is 3.80. The monoisotopic (exact) mass is 521 g/mol. The number of nitrogens with one attached hydrogen (secondary N) is 1. The summed E-state index contributed by atoms with van der Waals surface area (Å²) in [6.45, 7) is 6.13. The Kier molecular flexibility index (Phi) is 8.99. The zero-order valence-corrected chi connectivity index (χ0v) is 21.9. The number of piperidine rings is 1. The average Bonchev–Trinajstić information content (AvgIpc) is 3.33. The highest BCUT2D eigenvalue weighted by Gasteiger charge is 2.39. The number of carbonyl (C=O) groups is 4. The zero-order chi connectivity index (χ0) is 27.1. The fourth-order valence-corrected chi connectivity index (χ4v) is 5.06. The van der Waals surface area contributed by atoms with Crippen molar-refractivity contribution in [1.29, 1.82) is 0 Å². The van der Waals surface area contributed by atoms with E-state index in [-0.39, 0.29) is 48.6 Å². The number of likely N-dealkylation sites (tertiary alicyclic amines) is 2. The highest BCUT2D eigenvalue weighted by atomic mass is 16.7. The molecule has 2 heterocycles. The molecule has 2 aliphatic heterocycles. The minimum absolute atomic E-state index is 0.0257. The molecule has 0 spiro atoms. The lowest BCUT2D eigenvalue weighted by Crippen LogP contribution is -2.44. The molecule has 0 bridgehead atoms. The van der Waals surface area contributed by atoms with E-state index in [1.54, 1.807) is 31.2 Å². The van der Waals surface area contributed by atoms with Crippen LogP contribution in [0.5, 0.6) is 5.75 Å². The molecule has 2 atom stereocenters. The van der Waals surface area contributed by atoms with Gasteiger partial charge >= 0.3 is 6.16 Å². The summed E-state index contributed by atoms with van der Waals surface area (Å²) >= 11 is 0. The number of hydrogen-bond donors (Lipinski definition) is 1. The smallest absolute Gasteiger partial charge is 0.434 e. The van der Waals surface area contributed by atoms with Crippen molar-refractivity contribution in [3.05, 3.63) is 65.7 Å². The van der Waals surface area contributed by atoms with Crippen LogP contribution < -0.4 is 10.1 Å². The standard InChI is InChI=1S/C29H35N3O6/c1-3-37-29(36)38-25-11-9-23(10-12-25)27(34)30-18-21-13-15-31(16-14-21)28(35)24-17-26(33)32(19-24)20(2)22-7-5-4-6-8-22/h4-12,20-21,24H,3,13-19H2,1-2H3,(H,30,34). The topological polar surface area (TPSA) is 105 Å². The molecule has 0 aliphatic carbocycles. The van der Waals surface area contributed by atoms with E-state index >= 15 is 0 Å². The molecule has 0 aromatic heterocycles. The van der Waals surface area contributed by atoms with Crippen LogP contribution in [0.3, 0.4) is 0 Å². The van der Waals surface area contributed by atoms with E-state index in [2.05, 4.69) is 5.32 Å². The van der Waals surface area contributed by atoms with Crippen molar-refractivity contribution in [3.8, 4) is 5.75 Å². The van der Waals surface area contributed by atoms with Crippen molar-refractivity contribution in [2.75, 3.05) is 32.8 Å². The van der Waals surface area contributed by atoms with Crippen LogP contribution in [0.1, 0.15) is 55.1 Å². The molecule has 1 N–H and O–H groups in total. The lowest BCUT2D eigenvalue weighted by atomic mass is 9.95. The maximum Gasteiger partial charge on any atom is 0.513 e. The first-order valence-corrected chi connectivity index (χ1v) is 13.2. The Morgan fingerprint density at radius 2 is 1.71 bits per heavy atom. The lowest BCUT2D eigenvalue weighted by Gasteiger charge is -2.33. The van der Waals surface area contributed by atoms with Gasteiger partial charge in [0.15, 0.2) is 0 Å². The lowest BCUT2D eigenvalue weighted by molar-refractivity contribution is -0.137. The largest absolute Gasteiger partial charge is 0.513 e. The van der Waals surface area contributed by atoms with Crippen LogP contribution in [0.2, 0.25) is 0 Å². The molecule has 202 valence electrons. The first-order chi connectivity index (χ1) is 18.4. The zero-order valence-electron chi connectivity index (χ0n) is 21.9. The van der Waals surface area contributed by atoms with Gasteiger partial charge in [-0.05, 0) is 62.4 Å². The Hall–Kier alpha value is -3.88. The number of rotatable bonds is 8. The quantitative estimate of drug-likeness (QED) is 0.419. The van der Waals surface area contributed by atoms with Crippen molar-refractivity contribution in [2.45, 2.75) is 39.2 Å². The van der Waals surface area contributed by atoms with Gasteiger partial charge in [-0.2, -0.15) is 0 Å². The third-order valence-electron chi connectivity index (χ3n) is 7.31. The second kappa shape index (κ2) is 12.6. The number of carbonyl (C=O) groups excluding carboxylic acids is 4. The van der Waals surface area contributed by atoms with Crippen LogP contribution in [-0.2, 0) is 14.3 Å². The normalized spacial score (nSPS) is 18.7. The second-order valence-corrected chi connectivity index (χ2v) is 9.82. The van der Waals surface area contributed by atoms with E-state index in [9.17, 15) is 19.2 Å². The summed E-state index contributed by atoms with van der Waals surface area (Å²) in [7, 11) is 0. The molecule has 0 saturated carbocycles. The summed E-state index contributed by atoms with van der Waals surface area (Å²) in [6.07, 6.45) is 1.06. The van der Waals surface area contributed by atoms with Gasteiger partial charge in [0.1, 0.15) is 5.75 Å². The van der Waals surface area contributed by atoms with E-state index in [1.807, 2.05) is 47.1 Å². The number of benzene rings is 2. The van der Waals surface area contributed by atoms with Gasteiger partial charge < -0.3 is 24.6 Å². The maximum absolute atomic E-state index is 13.2. The van der Waals surface area contributed by atoms with Crippen molar-refractivity contribution in [1.82, 2.24) is 15.1 Å². The number of ether oxygens (including phenoxy) is 2. The SMILES string of the molecule is CCOC(=O)Oc1ccc(C(=O)NCC2CCN(C(=O)C3CC(=O)N(C(C)c4ccccc4)C3)CC2)cc1. The number of nitrogens with zero attached hydrogens (tertiary/aromatic N) is 2. The Morgan fingerprint density at radius 3 is 2.37 bits per heavy atom. The molecule has 2 aromatic rings. The molecule has 2 unspecified atom stereocenters. The summed E-state index contributed by atoms with van der Waals surface area (Å²) in [5.41, 5.74) is 1.53. The van der Waals surface area contributed by atoms with Crippen LogP contribution >= 0.6 is 0 Å². The predicted molar refractivity (Wildman–Crippen MR) is 140 cm³/mol. The fraction of sp³-hybridized carbons (Fsp3) is 0.448. The molecule has 0 radical (unpaired) electrons. The van der Waals surface area contributed by atoms with Crippen LogP contribution in [0, 0.1) is 11.8 Å². The fourth-order valence-electron chi connectivity index (χ4n) is 5.06. The highest BCUT2D eigenvalue weighted by Crippen LogP contribution is 2.30. The molecule has 4 rings (SSSR count). The van der Waals surface area contributed by atoms with E-state index < -0.39 is 6.16 Å². The summed E-state index contributed by atoms with van der Waals surface area (Å²) in [4.78, 5) is 53.5. The van der Waals surface area contributed by atoms with Gasteiger partial charge in [0, 0.05) is 38.2 Å². The van der Waals surface area contributed by atoms with E-state index in [0.717, 1.165) is 18.4 Å². The molecule has 38 heavy (non-hydrogen) atoms. The van der Waals surface area contributed by atoms with Crippen molar-refractivity contribution in [3.63, 3.8) is 0 Å². The molecular weight excluding hydrogens is 486 g/mol. The van der Waals surface area contributed by atoms with Gasteiger partial charge in [0.25, 0.3) is 5.91 Å². The summed E-state index contributed by atoms with van der Waals surface area (Å²) in [6, 6.07) is 16.1. The van der Waals surface area contributed by atoms with Crippen LogP contribution in [0.15, 0.2) is 54.6 Å². The van der Waals surface area contributed by atoms with Gasteiger partial charge in [-0.1, -0.05) is 30.3 Å². The van der Waals surface area contributed by atoms with Crippen LogP contribution in [0.4, 0.5) is 4.79 Å². The molecule has 3 amide bonds. The second-order valence-electron chi connectivity index (χ2n) is 9.82. The Bertz CT molecular complexity index is 1130. The van der Waals surface area contributed by atoms with Gasteiger partial charge in [-0.15, -0.1) is 0 Å². The molecule has 2 fully saturated rings. The molecule has 2 saturated heterocycles. The minimum atomic E-state index is -0.784. The first kappa shape index (κ1) is 27.2. The summed E-state index contributed by atoms with van der Waals surface area (Å²) < 4.78 is 9.74. The molecule has 9 nitrogen and oxygen atoms in total.